The summed E-state index contributed by atoms with van der Waals surface area (Å²) in [6.07, 6.45) is 0. The zero-order valence-electron chi connectivity index (χ0n) is 12.5. The van der Waals surface area contributed by atoms with Crippen LogP contribution in [0, 0.1) is 0 Å². The Labute approximate surface area is 134 Å². The van der Waals surface area contributed by atoms with Gasteiger partial charge in [-0.2, -0.15) is 0 Å². The van der Waals surface area contributed by atoms with Crippen LogP contribution >= 0.6 is 11.3 Å². The van der Waals surface area contributed by atoms with E-state index in [-0.39, 0.29) is 11.7 Å². The molecule has 1 aliphatic heterocycles. The first-order valence-electron chi connectivity index (χ1n) is 7.34. The number of nitrogens with zero attached hydrogens (tertiary/aromatic N) is 2. The van der Waals surface area contributed by atoms with Crippen molar-refractivity contribution in [2.75, 3.05) is 31.1 Å². The lowest BCUT2D eigenvalue weighted by molar-refractivity contribution is -0.129. The van der Waals surface area contributed by atoms with Gasteiger partial charge >= 0.3 is 0 Å². The summed E-state index contributed by atoms with van der Waals surface area (Å²) in [5.74, 6) is 0.208. The van der Waals surface area contributed by atoms with Gasteiger partial charge in [0, 0.05) is 44.4 Å². The summed E-state index contributed by atoms with van der Waals surface area (Å²) in [4.78, 5) is 28.5. The van der Waals surface area contributed by atoms with Crippen molar-refractivity contribution in [3.8, 4) is 0 Å². The van der Waals surface area contributed by atoms with Gasteiger partial charge in [0.05, 0.1) is 4.88 Å². The molecule has 1 aliphatic rings. The lowest BCUT2D eigenvalue weighted by Gasteiger charge is -2.35. The van der Waals surface area contributed by atoms with Crippen molar-refractivity contribution in [2.24, 2.45) is 0 Å². The van der Waals surface area contributed by atoms with Crippen LogP contribution < -0.4 is 4.90 Å². The molecule has 1 amide bonds. The summed E-state index contributed by atoms with van der Waals surface area (Å²) >= 11 is 1.46. The highest BCUT2D eigenvalue weighted by Crippen LogP contribution is 2.20. The minimum atomic E-state index is 0.0722. The van der Waals surface area contributed by atoms with E-state index in [1.54, 1.807) is 6.92 Å². The Morgan fingerprint density at radius 2 is 1.68 bits per heavy atom. The first kappa shape index (κ1) is 14.8. The number of benzene rings is 1. The van der Waals surface area contributed by atoms with Crippen LogP contribution in [-0.2, 0) is 4.79 Å². The summed E-state index contributed by atoms with van der Waals surface area (Å²) in [5, 5.41) is 1.91. The summed E-state index contributed by atoms with van der Waals surface area (Å²) in [6, 6.07) is 11.5. The average molecular weight is 314 g/mol. The molecule has 3 rings (SSSR count). The van der Waals surface area contributed by atoms with Crippen molar-refractivity contribution in [3.63, 3.8) is 0 Å². The maximum atomic E-state index is 12.3. The van der Waals surface area contributed by atoms with Gasteiger partial charge in [-0.3, -0.25) is 9.59 Å². The lowest BCUT2D eigenvalue weighted by atomic mass is 10.1. The molecule has 2 aromatic rings. The van der Waals surface area contributed by atoms with Crippen molar-refractivity contribution < 1.29 is 9.59 Å². The number of hydrogen-bond donors (Lipinski definition) is 0. The third-order valence-electron chi connectivity index (χ3n) is 3.96. The molecule has 5 heteroatoms. The minimum absolute atomic E-state index is 0.0722. The van der Waals surface area contributed by atoms with Gasteiger partial charge < -0.3 is 9.80 Å². The average Bonchev–Trinajstić information content (AvgIpc) is 3.09. The van der Waals surface area contributed by atoms with E-state index < -0.39 is 0 Å². The zero-order chi connectivity index (χ0) is 15.5. The molecule has 0 spiro atoms. The molecular weight excluding hydrogens is 296 g/mol. The van der Waals surface area contributed by atoms with Crippen molar-refractivity contribution in [1.82, 2.24) is 4.90 Å². The molecule has 0 saturated carbocycles. The molecule has 4 nitrogen and oxygen atoms in total. The smallest absolute Gasteiger partial charge is 0.219 e. The van der Waals surface area contributed by atoms with Crippen molar-refractivity contribution in [1.29, 1.82) is 0 Å². The number of anilines is 1. The van der Waals surface area contributed by atoms with Crippen molar-refractivity contribution in [3.05, 3.63) is 52.2 Å². The Morgan fingerprint density at radius 1 is 1.00 bits per heavy atom. The minimum Gasteiger partial charge on any atom is -0.368 e. The monoisotopic (exact) mass is 314 g/mol. The SMILES string of the molecule is CC(=O)N1CCN(c2ccc(C(=O)c3cccs3)cc2)CC1. The zero-order valence-corrected chi connectivity index (χ0v) is 13.3. The molecule has 0 N–H and O–H groups in total. The third-order valence-corrected chi connectivity index (χ3v) is 4.83. The Balaban J connectivity index is 1.67. The van der Waals surface area contributed by atoms with E-state index in [1.807, 2.05) is 46.7 Å². The van der Waals surface area contributed by atoms with E-state index in [1.165, 1.54) is 11.3 Å². The highest BCUT2D eigenvalue weighted by atomic mass is 32.1. The summed E-state index contributed by atoms with van der Waals surface area (Å²) in [7, 11) is 0. The maximum Gasteiger partial charge on any atom is 0.219 e. The number of carbonyl (C=O) groups is 2. The van der Waals surface area contributed by atoms with Gasteiger partial charge in [0.1, 0.15) is 0 Å². The van der Waals surface area contributed by atoms with Crippen LogP contribution in [-0.4, -0.2) is 42.8 Å². The highest BCUT2D eigenvalue weighted by Gasteiger charge is 2.19. The van der Waals surface area contributed by atoms with Crippen LogP contribution in [0.3, 0.4) is 0 Å². The number of rotatable bonds is 3. The molecule has 1 fully saturated rings. The molecule has 0 bridgehead atoms. The second-order valence-corrected chi connectivity index (χ2v) is 6.29. The molecule has 2 heterocycles. The molecule has 1 aromatic carbocycles. The van der Waals surface area contributed by atoms with Gasteiger partial charge in [-0.25, -0.2) is 0 Å². The number of amides is 1. The number of piperazine rings is 1. The van der Waals surface area contributed by atoms with Crippen LogP contribution in [0.1, 0.15) is 22.2 Å². The Kier molecular flexibility index (Phi) is 4.24. The predicted molar refractivity (Wildman–Crippen MR) is 88.7 cm³/mol. The van der Waals surface area contributed by atoms with Crippen molar-refractivity contribution in [2.45, 2.75) is 6.92 Å². The second-order valence-electron chi connectivity index (χ2n) is 5.35. The molecule has 0 atom stereocenters. The molecule has 114 valence electrons. The van der Waals surface area contributed by atoms with Crippen LogP contribution in [0.15, 0.2) is 41.8 Å². The molecule has 0 unspecified atom stereocenters. The van der Waals surface area contributed by atoms with Crippen LogP contribution in [0.25, 0.3) is 0 Å². The molecule has 22 heavy (non-hydrogen) atoms. The Bertz CT molecular complexity index is 656. The molecule has 1 aromatic heterocycles. The standard InChI is InChI=1S/C17H18N2O2S/c1-13(20)18-8-10-19(11-9-18)15-6-4-14(5-7-15)17(21)16-3-2-12-22-16/h2-7,12H,8-11H2,1H3. The summed E-state index contributed by atoms with van der Waals surface area (Å²) in [5.41, 5.74) is 1.82. The van der Waals surface area contributed by atoms with Gasteiger partial charge in [0.15, 0.2) is 0 Å². The lowest BCUT2D eigenvalue weighted by Crippen LogP contribution is -2.48. The normalized spacial score (nSPS) is 15.0. The van der Waals surface area contributed by atoms with E-state index in [9.17, 15) is 9.59 Å². The van der Waals surface area contributed by atoms with Gasteiger partial charge in [-0.1, -0.05) is 6.07 Å². The van der Waals surface area contributed by atoms with Gasteiger partial charge in [0.25, 0.3) is 0 Å². The van der Waals surface area contributed by atoms with Crippen LogP contribution in [0.2, 0.25) is 0 Å². The van der Waals surface area contributed by atoms with E-state index in [2.05, 4.69) is 4.90 Å². The number of thiophene rings is 1. The van der Waals surface area contributed by atoms with Crippen molar-refractivity contribution >= 4 is 28.7 Å². The first-order valence-corrected chi connectivity index (χ1v) is 8.22. The number of ketones is 1. The summed E-state index contributed by atoms with van der Waals surface area (Å²) < 4.78 is 0. The molecule has 0 aliphatic carbocycles. The quantitative estimate of drug-likeness (QED) is 0.818. The second kappa shape index (κ2) is 6.32. The predicted octanol–water partition coefficient (Wildman–Crippen LogP) is 2.65. The van der Waals surface area contributed by atoms with Gasteiger partial charge in [0.2, 0.25) is 11.7 Å². The maximum absolute atomic E-state index is 12.3. The van der Waals surface area contributed by atoms with Gasteiger partial charge in [-0.05, 0) is 35.7 Å². The summed E-state index contributed by atoms with van der Waals surface area (Å²) in [6.45, 7) is 4.78. The topological polar surface area (TPSA) is 40.6 Å². The van der Waals surface area contributed by atoms with E-state index in [0.717, 1.165) is 36.7 Å². The van der Waals surface area contributed by atoms with Crippen LogP contribution in [0.4, 0.5) is 5.69 Å². The fourth-order valence-electron chi connectivity index (χ4n) is 2.65. The largest absolute Gasteiger partial charge is 0.368 e. The fourth-order valence-corrected chi connectivity index (χ4v) is 3.34. The van der Waals surface area contributed by atoms with E-state index in [0.29, 0.717) is 5.56 Å². The first-order chi connectivity index (χ1) is 10.6. The van der Waals surface area contributed by atoms with Crippen LogP contribution in [0.5, 0.6) is 0 Å². The molecular formula is C17H18N2O2S. The molecule has 1 saturated heterocycles. The van der Waals surface area contributed by atoms with Gasteiger partial charge in [-0.15, -0.1) is 11.3 Å². The third kappa shape index (κ3) is 3.04. The van der Waals surface area contributed by atoms with E-state index >= 15 is 0 Å². The van der Waals surface area contributed by atoms with E-state index in [4.69, 9.17) is 0 Å². The Morgan fingerprint density at radius 3 is 2.23 bits per heavy atom. The molecule has 0 radical (unpaired) electrons. The number of carbonyl (C=O) groups excluding carboxylic acids is 2. The highest BCUT2D eigenvalue weighted by molar-refractivity contribution is 7.12. The number of hydrogen-bond acceptors (Lipinski definition) is 4. The Hall–Kier alpha value is -2.14. The fraction of sp³-hybridized carbons (Fsp3) is 0.294.